The van der Waals surface area contributed by atoms with Gasteiger partial charge >= 0.3 is 0 Å². The summed E-state index contributed by atoms with van der Waals surface area (Å²) < 4.78 is 36.5. The molecule has 0 aliphatic carbocycles. The van der Waals surface area contributed by atoms with E-state index >= 15 is 0 Å². The summed E-state index contributed by atoms with van der Waals surface area (Å²) in [5.74, 6) is -1.14. The Balaban J connectivity index is 2.06. The first-order valence-corrected chi connectivity index (χ1v) is 9.15. The molecule has 0 saturated heterocycles. The Bertz CT molecular complexity index is 1270. The fraction of sp³-hybridized carbons (Fsp3) is 0.130. The van der Waals surface area contributed by atoms with Crippen LogP contribution < -0.4 is 4.74 Å². The first-order chi connectivity index (χ1) is 14.4. The van der Waals surface area contributed by atoms with Gasteiger partial charge in [0.1, 0.15) is 22.9 Å². The summed E-state index contributed by atoms with van der Waals surface area (Å²) >= 11 is 0. The molecule has 0 bridgehead atoms. The second-order valence-electron chi connectivity index (χ2n) is 6.84. The fourth-order valence-corrected chi connectivity index (χ4v) is 3.58. The van der Waals surface area contributed by atoms with Crippen molar-refractivity contribution in [3.05, 3.63) is 77.8 Å². The van der Waals surface area contributed by atoms with Gasteiger partial charge in [0.2, 0.25) is 0 Å². The molecule has 30 heavy (non-hydrogen) atoms. The van der Waals surface area contributed by atoms with Gasteiger partial charge < -0.3 is 9.84 Å². The van der Waals surface area contributed by atoms with E-state index in [0.717, 1.165) is 5.56 Å². The van der Waals surface area contributed by atoms with Gasteiger partial charge in [-0.3, -0.25) is 4.40 Å². The number of methoxy groups -OCH3 is 1. The van der Waals surface area contributed by atoms with Gasteiger partial charge in [-0.05, 0) is 42.8 Å². The molecule has 7 heteroatoms. The van der Waals surface area contributed by atoms with Crippen LogP contribution in [0.1, 0.15) is 24.2 Å². The summed E-state index contributed by atoms with van der Waals surface area (Å²) in [7, 11) is 1.53. The standard InChI is InChI=1S/C23H17F2N3O2/c1-13(29)22-18(24)7-16(8-19(22)25)23-17(15-5-3-14(10-26)4-6-15)9-21(30-2)20-11-27-12-28(20)23/h3-9,11-13,29H,1-2H3. The number of imidazole rings is 1. The second kappa shape index (κ2) is 7.58. The number of hydrogen-bond donors (Lipinski definition) is 1. The van der Waals surface area contributed by atoms with Gasteiger partial charge in [0.25, 0.3) is 0 Å². The molecule has 150 valence electrons. The zero-order chi connectivity index (χ0) is 21.4. The summed E-state index contributed by atoms with van der Waals surface area (Å²) in [6.07, 6.45) is 1.86. The van der Waals surface area contributed by atoms with E-state index in [2.05, 4.69) is 11.1 Å². The molecule has 1 atom stereocenters. The SMILES string of the molecule is COc1cc(-c2ccc(C#N)cc2)c(-c2cc(F)c(C(C)O)c(F)c2)n2cncc12. The van der Waals surface area contributed by atoms with Crippen molar-refractivity contribution in [2.75, 3.05) is 7.11 Å². The number of pyridine rings is 1. The lowest BCUT2D eigenvalue weighted by Crippen LogP contribution is -2.03. The van der Waals surface area contributed by atoms with Crippen molar-refractivity contribution in [2.45, 2.75) is 13.0 Å². The normalized spacial score (nSPS) is 12.0. The van der Waals surface area contributed by atoms with Crippen LogP contribution in [0.5, 0.6) is 5.75 Å². The van der Waals surface area contributed by atoms with Crippen molar-refractivity contribution in [1.82, 2.24) is 9.38 Å². The highest BCUT2D eigenvalue weighted by Gasteiger charge is 2.21. The minimum Gasteiger partial charge on any atom is -0.494 e. The molecule has 0 amide bonds. The van der Waals surface area contributed by atoms with Crippen LogP contribution in [-0.2, 0) is 0 Å². The molecule has 0 aliphatic heterocycles. The van der Waals surface area contributed by atoms with E-state index < -0.39 is 17.7 Å². The molecule has 0 aliphatic rings. The number of aliphatic hydroxyl groups is 1. The predicted octanol–water partition coefficient (Wildman–Crippen LogP) is 4.88. The van der Waals surface area contributed by atoms with Crippen molar-refractivity contribution in [2.24, 2.45) is 0 Å². The third kappa shape index (κ3) is 3.17. The minimum atomic E-state index is -1.28. The molecule has 0 spiro atoms. The smallest absolute Gasteiger partial charge is 0.145 e. The predicted molar refractivity (Wildman–Crippen MR) is 108 cm³/mol. The molecule has 2 aromatic heterocycles. The van der Waals surface area contributed by atoms with Crippen molar-refractivity contribution < 1.29 is 18.6 Å². The van der Waals surface area contributed by atoms with E-state index in [9.17, 15) is 13.9 Å². The Kier molecular flexibility index (Phi) is 4.94. The monoisotopic (exact) mass is 405 g/mol. The lowest BCUT2D eigenvalue weighted by molar-refractivity contribution is 0.188. The summed E-state index contributed by atoms with van der Waals surface area (Å²) in [5, 5.41) is 18.8. The van der Waals surface area contributed by atoms with Crippen molar-refractivity contribution >= 4 is 5.52 Å². The van der Waals surface area contributed by atoms with E-state index in [1.165, 1.54) is 26.2 Å². The third-order valence-corrected chi connectivity index (χ3v) is 4.98. The van der Waals surface area contributed by atoms with Crippen LogP contribution in [0.15, 0.2) is 55.0 Å². The van der Waals surface area contributed by atoms with Crippen molar-refractivity contribution in [3.63, 3.8) is 0 Å². The van der Waals surface area contributed by atoms with Crippen LogP contribution in [-0.4, -0.2) is 21.6 Å². The topological polar surface area (TPSA) is 70.5 Å². The Morgan fingerprint density at radius 3 is 2.33 bits per heavy atom. The molecule has 1 N–H and O–H groups in total. The molecule has 0 radical (unpaired) electrons. The molecular weight excluding hydrogens is 388 g/mol. The lowest BCUT2D eigenvalue weighted by Gasteiger charge is -2.17. The number of fused-ring (bicyclic) bond motifs is 1. The maximum absolute atomic E-state index is 14.7. The number of halogens is 2. The number of rotatable bonds is 4. The molecule has 4 rings (SSSR count). The Morgan fingerprint density at radius 1 is 1.10 bits per heavy atom. The summed E-state index contributed by atoms with van der Waals surface area (Å²) in [6, 6.07) is 13.1. The van der Waals surface area contributed by atoms with Crippen LogP contribution in [0.2, 0.25) is 0 Å². The van der Waals surface area contributed by atoms with Crippen molar-refractivity contribution in [1.29, 1.82) is 5.26 Å². The highest BCUT2D eigenvalue weighted by atomic mass is 19.1. The Morgan fingerprint density at radius 2 is 1.77 bits per heavy atom. The quantitative estimate of drug-likeness (QED) is 0.525. The zero-order valence-corrected chi connectivity index (χ0v) is 16.2. The average Bonchev–Trinajstić information content (AvgIpc) is 3.21. The van der Waals surface area contributed by atoms with Gasteiger partial charge in [-0.1, -0.05) is 12.1 Å². The van der Waals surface area contributed by atoms with E-state index in [1.54, 1.807) is 47.3 Å². The maximum atomic E-state index is 14.7. The van der Waals surface area contributed by atoms with Gasteiger partial charge in [0, 0.05) is 11.1 Å². The molecule has 0 saturated carbocycles. The second-order valence-corrected chi connectivity index (χ2v) is 6.84. The summed E-state index contributed by atoms with van der Waals surface area (Å²) in [6.45, 7) is 1.31. The van der Waals surface area contributed by atoms with Crippen LogP contribution in [0.3, 0.4) is 0 Å². The third-order valence-electron chi connectivity index (χ3n) is 4.98. The molecule has 1 unspecified atom stereocenters. The lowest BCUT2D eigenvalue weighted by atomic mass is 9.96. The first-order valence-electron chi connectivity index (χ1n) is 9.15. The first kappa shape index (κ1) is 19.6. The number of hydrogen-bond acceptors (Lipinski definition) is 4. The van der Waals surface area contributed by atoms with Crippen LogP contribution >= 0.6 is 0 Å². The van der Waals surface area contributed by atoms with Gasteiger partial charge in [-0.25, -0.2) is 13.8 Å². The molecule has 0 fully saturated rings. The van der Waals surface area contributed by atoms with E-state index in [-0.39, 0.29) is 11.1 Å². The molecule has 5 nitrogen and oxygen atoms in total. The Labute approximate surface area is 171 Å². The molecule has 4 aromatic rings. The van der Waals surface area contributed by atoms with Crippen LogP contribution in [0.4, 0.5) is 8.78 Å². The highest BCUT2D eigenvalue weighted by Crippen LogP contribution is 2.39. The number of benzene rings is 2. The van der Waals surface area contributed by atoms with Gasteiger partial charge in [0.05, 0.1) is 48.6 Å². The average molecular weight is 405 g/mol. The molecule has 2 heterocycles. The molecular formula is C23H17F2N3O2. The number of nitriles is 1. The maximum Gasteiger partial charge on any atom is 0.145 e. The van der Waals surface area contributed by atoms with E-state index in [0.29, 0.717) is 28.1 Å². The number of nitrogens with zero attached hydrogens (tertiary/aromatic N) is 3. The molecule has 2 aromatic carbocycles. The van der Waals surface area contributed by atoms with Gasteiger partial charge in [-0.15, -0.1) is 0 Å². The van der Waals surface area contributed by atoms with Gasteiger partial charge in [-0.2, -0.15) is 5.26 Å². The van der Waals surface area contributed by atoms with Crippen LogP contribution in [0, 0.1) is 23.0 Å². The number of ether oxygens (including phenoxy) is 1. The highest BCUT2D eigenvalue weighted by molar-refractivity contribution is 5.86. The summed E-state index contributed by atoms with van der Waals surface area (Å²) in [4.78, 5) is 4.16. The largest absolute Gasteiger partial charge is 0.494 e. The Hall–Kier alpha value is -3.76. The number of aromatic nitrogens is 2. The minimum absolute atomic E-state index is 0.277. The van der Waals surface area contributed by atoms with E-state index in [1.807, 2.05) is 0 Å². The van der Waals surface area contributed by atoms with E-state index in [4.69, 9.17) is 10.00 Å². The number of aliphatic hydroxyl groups excluding tert-OH is 1. The fourth-order valence-electron chi connectivity index (χ4n) is 3.58. The summed E-state index contributed by atoms with van der Waals surface area (Å²) in [5.41, 5.74) is 2.90. The zero-order valence-electron chi connectivity index (χ0n) is 16.2. The van der Waals surface area contributed by atoms with Crippen LogP contribution in [0.25, 0.3) is 27.9 Å². The van der Waals surface area contributed by atoms with Gasteiger partial charge in [0.15, 0.2) is 0 Å². The van der Waals surface area contributed by atoms with Crippen molar-refractivity contribution in [3.8, 4) is 34.2 Å².